The molecule has 1 aliphatic rings. The van der Waals surface area contributed by atoms with Crippen LogP contribution in [0.15, 0.2) is 48.7 Å². The third-order valence-corrected chi connectivity index (χ3v) is 7.13. The number of amides is 2. The molecule has 1 aromatic heterocycles. The number of allylic oxidation sites excluding steroid dienone is 1. The highest BCUT2D eigenvalue weighted by Crippen LogP contribution is 2.37. The van der Waals surface area contributed by atoms with Crippen LogP contribution in [0.1, 0.15) is 47.7 Å². The number of rotatable bonds is 11. The van der Waals surface area contributed by atoms with Gasteiger partial charge in [0.05, 0.1) is 12.7 Å². The van der Waals surface area contributed by atoms with Gasteiger partial charge in [-0.25, -0.2) is 0 Å². The van der Waals surface area contributed by atoms with Gasteiger partial charge in [0.1, 0.15) is 11.6 Å². The summed E-state index contributed by atoms with van der Waals surface area (Å²) in [6, 6.07) is 13.9. The van der Waals surface area contributed by atoms with E-state index in [1.807, 2.05) is 60.6 Å². The normalized spacial score (nSPS) is 13.5. The zero-order chi connectivity index (χ0) is 27.9. The second-order valence-corrected chi connectivity index (χ2v) is 9.99. The van der Waals surface area contributed by atoms with Gasteiger partial charge in [0.15, 0.2) is 0 Å². The van der Waals surface area contributed by atoms with E-state index in [0.717, 1.165) is 71.0 Å². The first-order chi connectivity index (χ1) is 18.8. The van der Waals surface area contributed by atoms with Gasteiger partial charge in [-0.3, -0.25) is 9.59 Å². The molecule has 3 N–H and O–H groups in total. The van der Waals surface area contributed by atoms with E-state index in [0.29, 0.717) is 18.5 Å². The highest BCUT2D eigenvalue weighted by Gasteiger charge is 2.20. The zero-order valence-electron chi connectivity index (χ0n) is 23.6. The number of aromatic nitrogens is 1. The average Bonchev–Trinajstić information content (AvgIpc) is 3.55. The Morgan fingerprint density at radius 3 is 2.67 bits per heavy atom. The van der Waals surface area contributed by atoms with Gasteiger partial charge in [-0.15, -0.1) is 0 Å². The molecule has 0 radical (unpaired) electrons. The van der Waals surface area contributed by atoms with Gasteiger partial charge in [-0.05, 0) is 55.2 Å². The maximum absolute atomic E-state index is 12.9. The van der Waals surface area contributed by atoms with E-state index in [-0.39, 0.29) is 11.8 Å². The van der Waals surface area contributed by atoms with Crippen molar-refractivity contribution in [3.05, 3.63) is 65.4 Å². The first kappa shape index (κ1) is 27.8. The standard InChI is InChI=1S/C31H39N5O3/c1-21(18-25-26(20-34-30(25)32-2)23-10-6-7-11-28(23)39-5)22-13-14-24(31(38)35(3)4)27(19-22)33-15-9-17-36-16-8-12-29(36)37/h6-7,10-11,13-14,18-20,32-34H,8-9,12,15-17H2,1-5H3/b21-18+. The molecule has 1 fully saturated rings. The van der Waals surface area contributed by atoms with Crippen molar-refractivity contribution in [2.24, 2.45) is 0 Å². The van der Waals surface area contributed by atoms with Gasteiger partial charge in [0.2, 0.25) is 5.91 Å². The number of ether oxygens (including phenoxy) is 1. The minimum atomic E-state index is -0.0537. The van der Waals surface area contributed by atoms with E-state index in [4.69, 9.17) is 4.74 Å². The van der Waals surface area contributed by atoms with Crippen LogP contribution >= 0.6 is 0 Å². The molecule has 3 aromatic rings. The third-order valence-electron chi connectivity index (χ3n) is 7.13. The number of carbonyl (C=O) groups excluding carboxylic acids is 2. The molecule has 0 bridgehead atoms. The molecule has 39 heavy (non-hydrogen) atoms. The number of H-pyrrole nitrogens is 1. The van der Waals surface area contributed by atoms with Crippen LogP contribution in [0.3, 0.4) is 0 Å². The molecule has 4 rings (SSSR count). The number of methoxy groups -OCH3 is 1. The summed E-state index contributed by atoms with van der Waals surface area (Å²) in [5.41, 5.74) is 6.54. The van der Waals surface area contributed by atoms with Crippen molar-refractivity contribution in [3.8, 4) is 16.9 Å². The fraction of sp³-hybridized carbons (Fsp3) is 0.355. The van der Waals surface area contributed by atoms with Crippen molar-refractivity contribution in [2.75, 3.05) is 58.5 Å². The average molecular weight is 530 g/mol. The zero-order valence-corrected chi connectivity index (χ0v) is 23.6. The molecule has 0 aliphatic carbocycles. The largest absolute Gasteiger partial charge is 0.496 e. The summed E-state index contributed by atoms with van der Waals surface area (Å²) in [5.74, 6) is 1.89. The summed E-state index contributed by atoms with van der Waals surface area (Å²) >= 11 is 0. The van der Waals surface area contributed by atoms with E-state index >= 15 is 0 Å². The number of hydrogen-bond acceptors (Lipinski definition) is 5. The Labute approximate surface area is 231 Å². The van der Waals surface area contributed by atoms with Gasteiger partial charge in [0.25, 0.3) is 5.91 Å². The molecule has 0 spiro atoms. The summed E-state index contributed by atoms with van der Waals surface area (Å²) in [5, 5.41) is 6.73. The molecule has 0 saturated carbocycles. The van der Waals surface area contributed by atoms with Crippen LogP contribution in [-0.2, 0) is 4.79 Å². The monoisotopic (exact) mass is 529 g/mol. The van der Waals surface area contributed by atoms with Crippen LogP contribution in [0.2, 0.25) is 0 Å². The van der Waals surface area contributed by atoms with Crippen LogP contribution in [0.5, 0.6) is 5.75 Å². The first-order valence-electron chi connectivity index (χ1n) is 13.4. The molecule has 2 amide bonds. The van der Waals surface area contributed by atoms with Crippen LogP contribution in [0.4, 0.5) is 11.5 Å². The molecule has 0 unspecified atom stereocenters. The van der Waals surface area contributed by atoms with Gasteiger partial charge >= 0.3 is 0 Å². The SMILES string of the molecule is CNc1[nH]cc(-c2ccccc2OC)c1/C=C(\C)c1ccc(C(=O)N(C)C)c(NCCCN2CCCC2=O)c1. The van der Waals surface area contributed by atoms with Crippen molar-refractivity contribution in [3.63, 3.8) is 0 Å². The second kappa shape index (κ2) is 12.6. The van der Waals surface area contributed by atoms with Crippen molar-refractivity contribution in [2.45, 2.75) is 26.2 Å². The van der Waals surface area contributed by atoms with Crippen molar-refractivity contribution in [1.29, 1.82) is 0 Å². The summed E-state index contributed by atoms with van der Waals surface area (Å²) in [4.78, 5) is 31.7. The van der Waals surface area contributed by atoms with Crippen molar-refractivity contribution < 1.29 is 14.3 Å². The molecular formula is C31H39N5O3. The highest BCUT2D eigenvalue weighted by molar-refractivity contribution is 6.00. The minimum Gasteiger partial charge on any atom is -0.496 e. The number of nitrogens with zero attached hydrogens (tertiary/aromatic N) is 2. The fourth-order valence-corrected chi connectivity index (χ4v) is 4.98. The predicted molar refractivity (Wildman–Crippen MR) is 159 cm³/mol. The van der Waals surface area contributed by atoms with Gasteiger partial charge < -0.3 is 30.2 Å². The lowest BCUT2D eigenvalue weighted by Gasteiger charge is -2.19. The summed E-state index contributed by atoms with van der Waals surface area (Å²) in [6.07, 6.45) is 6.54. The smallest absolute Gasteiger partial charge is 0.255 e. The Morgan fingerprint density at radius 2 is 1.97 bits per heavy atom. The van der Waals surface area contributed by atoms with E-state index in [1.165, 1.54) is 0 Å². The number of hydrogen-bond donors (Lipinski definition) is 3. The molecule has 2 aromatic carbocycles. The quantitative estimate of drug-likeness (QED) is 0.289. The molecule has 1 saturated heterocycles. The molecule has 206 valence electrons. The predicted octanol–water partition coefficient (Wildman–Crippen LogP) is 5.42. The number of aromatic amines is 1. The lowest BCUT2D eigenvalue weighted by molar-refractivity contribution is -0.127. The summed E-state index contributed by atoms with van der Waals surface area (Å²) in [6.45, 7) is 4.31. The highest BCUT2D eigenvalue weighted by atomic mass is 16.5. The molecular weight excluding hydrogens is 490 g/mol. The van der Waals surface area contributed by atoms with E-state index in [9.17, 15) is 9.59 Å². The number of benzene rings is 2. The molecule has 8 heteroatoms. The summed E-state index contributed by atoms with van der Waals surface area (Å²) < 4.78 is 5.62. The molecule has 1 aliphatic heterocycles. The topological polar surface area (TPSA) is 89.7 Å². The number of carbonyl (C=O) groups is 2. The van der Waals surface area contributed by atoms with E-state index < -0.39 is 0 Å². The summed E-state index contributed by atoms with van der Waals surface area (Å²) in [7, 11) is 7.09. The first-order valence-corrected chi connectivity index (χ1v) is 13.4. The maximum atomic E-state index is 12.9. The van der Waals surface area contributed by atoms with Crippen molar-refractivity contribution in [1.82, 2.24) is 14.8 Å². The van der Waals surface area contributed by atoms with Gasteiger partial charge in [-0.2, -0.15) is 0 Å². The van der Waals surface area contributed by atoms with E-state index in [2.05, 4.69) is 28.6 Å². The maximum Gasteiger partial charge on any atom is 0.255 e. The minimum absolute atomic E-state index is 0.0537. The number of nitrogens with one attached hydrogen (secondary N) is 3. The Balaban J connectivity index is 1.63. The Bertz CT molecular complexity index is 1360. The lowest BCUT2D eigenvalue weighted by Crippen LogP contribution is -2.27. The second-order valence-electron chi connectivity index (χ2n) is 9.99. The third kappa shape index (κ3) is 6.28. The lowest BCUT2D eigenvalue weighted by atomic mass is 9.97. The molecule has 0 atom stereocenters. The number of likely N-dealkylation sites (tertiary alicyclic amines) is 1. The Hall–Kier alpha value is -4.20. The van der Waals surface area contributed by atoms with Crippen LogP contribution in [-0.4, -0.2) is 74.5 Å². The van der Waals surface area contributed by atoms with E-state index in [1.54, 1.807) is 26.1 Å². The van der Waals surface area contributed by atoms with Crippen LogP contribution < -0.4 is 15.4 Å². The van der Waals surface area contributed by atoms with Gasteiger partial charge in [-0.1, -0.05) is 24.3 Å². The number of para-hydroxylation sites is 1. The Kier molecular flexibility index (Phi) is 8.96. The van der Waals surface area contributed by atoms with Crippen LogP contribution in [0.25, 0.3) is 22.8 Å². The molecule has 8 nitrogen and oxygen atoms in total. The fourth-order valence-electron chi connectivity index (χ4n) is 4.98. The van der Waals surface area contributed by atoms with Crippen LogP contribution in [0, 0.1) is 0 Å². The van der Waals surface area contributed by atoms with Crippen molar-refractivity contribution >= 4 is 35.0 Å². The molecule has 2 heterocycles. The number of anilines is 2. The Morgan fingerprint density at radius 1 is 1.18 bits per heavy atom. The van der Waals surface area contributed by atoms with Gasteiger partial charge in [0, 0.05) is 75.8 Å².